The average molecular weight is 372 g/mol. The van der Waals surface area contributed by atoms with Gasteiger partial charge in [0.15, 0.2) is 0 Å². The van der Waals surface area contributed by atoms with Crippen LogP contribution < -0.4 is 16.0 Å². The van der Waals surface area contributed by atoms with Crippen LogP contribution in [-0.4, -0.2) is 49.0 Å². The van der Waals surface area contributed by atoms with E-state index in [9.17, 15) is 9.59 Å². The minimum Gasteiger partial charge on any atom is -0.350 e. The molecule has 1 fully saturated rings. The maximum atomic E-state index is 12.5. The zero-order valence-corrected chi connectivity index (χ0v) is 15.6. The number of rotatable bonds is 7. The van der Waals surface area contributed by atoms with E-state index in [1.165, 1.54) is 0 Å². The SMILES string of the molecule is CSCCC(NC(=O)c1ccccc1)C(=O)NC1CCCNC1.Cl. The Kier molecular flexibility index (Phi) is 9.83. The largest absolute Gasteiger partial charge is 0.350 e. The molecule has 0 aliphatic carbocycles. The number of carbonyl (C=O) groups excluding carboxylic acids is 2. The predicted molar refractivity (Wildman–Crippen MR) is 102 cm³/mol. The van der Waals surface area contributed by atoms with E-state index in [1.807, 2.05) is 24.5 Å². The summed E-state index contributed by atoms with van der Waals surface area (Å²) < 4.78 is 0. The summed E-state index contributed by atoms with van der Waals surface area (Å²) in [6.45, 7) is 1.81. The van der Waals surface area contributed by atoms with Gasteiger partial charge in [-0.1, -0.05) is 18.2 Å². The maximum absolute atomic E-state index is 12.5. The summed E-state index contributed by atoms with van der Waals surface area (Å²) in [5.41, 5.74) is 0.578. The third kappa shape index (κ3) is 6.71. The highest BCUT2D eigenvalue weighted by Crippen LogP contribution is 2.06. The van der Waals surface area contributed by atoms with Gasteiger partial charge in [-0.2, -0.15) is 11.8 Å². The molecule has 2 atom stereocenters. The highest BCUT2D eigenvalue weighted by molar-refractivity contribution is 7.98. The number of nitrogens with one attached hydrogen (secondary N) is 3. The number of halogens is 1. The van der Waals surface area contributed by atoms with Crippen LogP contribution in [0.2, 0.25) is 0 Å². The van der Waals surface area contributed by atoms with Crippen LogP contribution >= 0.6 is 24.2 Å². The number of hydrogen-bond donors (Lipinski definition) is 3. The lowest BCUT2D eigenvalue weighted by molar-refractivity contribution is -0.123. The summed E-state index contributed by atoms with van der Waals surface area (Å²) >= 11 is 1.67. The Morgan fingerprint density at radius 3 is 2.71 bits per heavy atom. The fourth-order valence-electron chi connectivity index (χ4n) is 2.61. The third-order valence-electron chi connectivity index (χ3n) is 3.91. The van der Waals surface area contributed by atoms with E-state index < -0.39 is 6.04 Å². The number of benzene rings is 1. The lowest BCUT2D eigenvalue weighted by Gasteiger charge is -2.26. The monoisotopic (exact) mass is 371 g/mol. The molecule has 0 aromatic heterocycles. The molecule has 2 rings (SSSR count). The van der Waals surface area contributed by atoms with E-state index in [-0.39, 0.29) is 30.3 Å². The van der Waals surface area contributed by atoms with Gasteiger partial charge in [0.1, 0.15) is 6.04 Å². The van der Waals surface area contributed by atoms with Crippen LogP contribution in [0.3, 0.4) is 0 Å². The van der Waals surface area contributed by atoms with Crippen LogP contribution in [0.1, 0.15) is 29.6 Å². The van der Waals surface area contributed by atoms with Crippen molar-refractivity contribution in [3.8, 4) is 0 Å². The van der Waals surface area contributed by atoms with E-state index in [2.05, 4.69) is 16.0 Å². The molecule has 7 heteroatoms. The summed E-state index contributed by atoms with van der Waals surface area (Å²) in [7, 11) is 0. The Hall–Kier alpha value is -1.24. The molecule has 1 aromatic carbocycles. The Labute approximate surface area is 154 Å². The minimum absolute atomic E-state index is 0. The topological polar surface area (TPSA) is 70.2 Å². The van der Waals surface area contributed by atoms with Gasteiger partial charge in [-0.05, 0) is 49.9 Å². The molecule has 3 N–H and O–H groups in total. The van der Waals surface area contributed by atoms with Crippen molar-refractivity contribution in [1.82, 2.24) is 16.0 Å². The maximum Gasteiger partial charge on any atom is 0.251 e. The number of thioether (sulfide) groups is 1. The second kappa shape index (κ2) is 11.3. The van der Waals surface area contributed by atoms with Crippen LogP contribution in [0.25, 0.3) is 0 Å². The molecular formula is C17H26ClN3O2S. The molecular weight excluding hydrogens is 346 g/mol. The van der Waals surface area contributed by atoms with E-state index in [1.54, 1.807) is 23.9 Å². The molecule has 5 nitrogen and oxygen atoms in total. The molecule has 24 heavy (non-hydrogen) atoms. The number of hydrogen-bond acceptors (Lipinski definition) is 4. The van der Waals surface area contributed by atoms with Gasteiger partial charge in [-0.25, -0.2) is 0 Å². The van der Waals surface area contributed by atoms with Gasteiger partial charge >= 0.3 is 0 Å². The van der Waals surface area contributed by atoms with Crippen molar-refractivity contribution >= 4 is 36.0 Å². The number of carbonyl (C=O) groups is 2. The molecule has 134 valence electrons. The fourth-order valence-corrected chi connectivity index (χ4v) is 3.08. The van der Waals surface area contributed by atoms with E-state index >= 15 is 0 Å². The van der Waals surface area contributed by atoms with Gasteiger partial charge in [0.2, 0.25) is 5.91 Å². The lowest BCUT2D eigenvalue weighted by Crippen LogP contribution is -2.53. The molecule has 1 saturated heterocycles. The van der Waals surface area contributed by atoms with E-state index in [4.69, 9.17) is 0 Å². The first-order chi connectivity index (χ1) is 11.2. The first-order valence-electron chi connectivity index (χ1n) is 8.06. The Bertz CT molecular complexity index is 510. The summed E-state index contributed by atoms with van der Waals surface area (Å²) in [5, 5.41) is 9.21. The first kappa shape index (κ1) is 20.8. The van der Waals surface area contributed by atoms with Gasteiger partial charge in [0.25, 0.3) is 5.91 Å². The van der Waals surface area contributed by atoms with Gasteiger partial charge in [0, 0.05) is 18.2 Å². The summed E-state index contributed by atoms with van der Waals surface area (Å²) in [6.07, 6.45) is 4.68. The minimum atomic E-state index is -0.489. The fraction of sp³-hybridized carbons (Fsp3) is 0.529. The van der Waals surface area contributed by atoms with Gasteiger partial charge < -0.3 is 16.0 Å². The van der Waals surface area contributed by atoms with Crippen molar-refractivity contribution in [1.29, 1.82) is 0 Å². The predicted octanol–water partition coefficient (Wildman–Crippen LogP) is 1.83. The molecule has 0 radical (unpaired) electrons. The molecule has 2 unspecified atom stereocenters. The van der Waals surface area contributed by atoms with Crippen molar-refractivity contribution in [2.45, 2.75) is 31.3 Å². The summed E-state index contributed by atoms with van der Waals surface area (Å²) in [4.78, 5) is 24.8. The zero-order valence-electron chi connectivity index (χ0n) is 13.9. The second-order valence-electron chi connectivity index (χ2n) is 5.73. The van der Waals surface area contributed by atoms with Crippen LogP contribution in [0.5, 0.6) is 0 Å². The van der Waals surface area contributed by atoms with Crippen LogP contribution in [0, 0.1) is 0 Å². The van der Waals surface area contributed by atoms with Crippen LogP contribution in [-0.2, 0) is 4.79 Å². The van der Waals surface area contributed by atoms with Crippen LogP contribution in [0.4, 0.5) is 0 Å². The van der Waals surface area contributed by atoms with Crippen molar-refractivity contribution in [2.24, 2.45) is 0 Å². The first-order valence-corrected chi connectivity index (χ1v) is 9.46. The van der Waals surface area contributed by atoms with E-state index in [0.29, 0.717) is 12.0 Å². The highest BCUT2D eigenvalue weighted by Gasteiger charge is 2.24. The van der Waals surface area contributed by atoms with Crippen molar-refractivity contribution in [2.75, 3.05) is 25.1 Å². The normalized spacial score (nSPS) is 18.1. The van der Waals surface area contributed by atoms with Crippen molar-refractivity contribution < 1.29 is 9.59 Å². The molecule has 1 aliphatic heterocycles. The number of amides is 2. The quantitative estimate of drug-likeness (QED) is 0.684. The van der Waals surface area contributed by atoms with Gasteiger partial charge in [0.05, 0.1) is 0 Å². The lowest BCUT2D eigenvalue weighted by atomic mass is 10.1. The number of piperidine rings is 1. The van der Waals surface area contributed by atoms with Gasteiger partial charge in [-0.3, -0.25) is 9.59 Å². The molecule has 1 aromatic rings. The molecule has 0 spiro atoms. The Morgan fingerprint density at radius 1 is 1.33 bits per heavy atom. The van der Waals surface area contributed by atoms with Crippen LogP contribution in [0.15, 0.2) is 30.3 Å². The summed E-state index contributed by atoms with van der Waals surface area (Å²) in [6, 6.07) is 8.68. The Balaban J connectivity index is 0.00000288. The van der Waals surface area contributed by atoms with Crippen molar-refractivity contribution in [3.05, 3.63) is 35.9 Å². The summed E-state index contributed by atoms with van der Waals surface area (Å²) in [5.74, 6) is 0.543. The van der Waals surface area contributed by atoms with Gasteiger partial charge in [-0.15, -0.1) is 12.4 Å². The van der Waals surface area contributed by atoms with Crippen molar-refractivity contribution in [3.63, 3.8) is 0 Å². The highest BCUT2D eigenvalue weighted by atomic mass is 35.5. The Morgan fingerprint density at radius 2 is 2.08 bits per heavy atom. The molecule has 2 amide bonds. The zero-order chi connectivity index (χ0) is 16.5. The smallest absolute Gasteiger partial charge is 0.251 e. The molecule has 1 heterocycles. The molecule has 0 bridgehead atoms. The molecule has 0 saturated carbocycles. The molecule has 1 aliphatic rings. The second-order valence-corrected chi connectivity index (χ2v) is 6.71. The third-order valence-corrected chi connectivity index (χ3v) is 4.56. The standard InChI is InChI=1S/C17H25N3O2S.ClH/c1-23-11-9-15(17(22)19-14-8-5-10-18-12-14)20-16(21)13-6-3-2-4-7-13;/h2-4,6-7,14-15,18H,5,8-12H2,1H3,(H,19,22)(H,20,21);1H. The van der Waals surface area contributed by atoms with E-state index in [0.717, 1.165) is 31.7 Å². The average Bonchev–Trinajstić information content (AvgIpc) is 2.60.